The molecule has 0 bridgehead atoms. The topological polar surface area (TPSA) is 53.9 Å². The molecule has 1 saturated heterocycles. The van der Waals surface area contributed by atoms with Crippen LogP contribution in [-0.2, 0) is 11.2 Å². The number of hydrogen-bond acceptors (Lipinski definition) is 5. The minimum atomic E-state index is -0.520. The third-order valence-electron chi connectivity index (χ3n) is 8.19. The van der Waals surface area contributed by atoms with Crippen molar-refractivity contribution in [1.82, 2.24) is 10.2 Å². The van der Waals surface area contributed by atoms with Gasteiger partial charge < -0.3 is 15.0 Å². The summed E-state index contributed by atoms with van der Waals surface area (Å²) >= 11 is 1.93. The predicted molar refractivity (Wildman–Crippen MR) is 154 cm³/mol. The van der Waals surface area contributed by atoms with E-state index in [0.29, 0.717) is 0 Å². The molecule has 0 unspecified atom stereocenters. The molecule has 1 saturated carbocycles. The van der Waals surface area contributed by atoms with Crippen LogP contribution in [0.5, 0.6) is 0 Å². The molecule has 4 aliphatic rings. The van der Waals surface area contributed by atoms with E-state index in [2.05, 4.69) is 53.2 Å². The first-order chi connectivity index (χ1) is 17.7. The van der Waals surface area contributed by atoms with Crippen LogP contribution in [0.4, 0.5) is 4.79 Å². The van der Waals surface area contributed by atoms with E-state index in [4.69, 9.17) is 9.73 Å². The molecule has 198 valence electrons. The zero-order valence-corrected chi connectivity index (χ0v) is 23.4. The molecule has 5 rings (SSSR count). The van der Waals surface area contributed by atoms with E-state index in [1.807, 2.05) is 38.7 Å². The zero-order chi connectivity index (χ0) is 26.0. The average molecular weight is 520 g/mol. The number of benzene rings is 1. The summed E-state index contributed by atoms with van der Waals surface area (Å²) in [4.78, 5) is 21.3. The van der Waals surface area contributed by atoms with Gasteiger partial charge in [0.25, 0.3) is 0 Å². The van der Waals surface area contributed by atoms with Gasteiger partial charge in [0.2, 0.25) is 0 Å². The maximum absolute atomic E-state index is 12.8. The summed E-state index contributed by atoms with van der Waals surface area (Å²) in [5.41, 5.74) is 3.05. The smallest absolute Gasteiger partial charge is 0.408 e. The van der Waals surface area contributed by atoms with Crippen molar-refractivity contribution in [3.63, 3.8) is 0 Å². The lowest BCUT2D eigenvalue weighted by molar-refractivity contribution is 0.0375. The Kier molecular flexibility index (Phi) is 7.58. The number of allylic oxidation sites excluding steroid dienone is 4. The number of hydrogen-bond donors (Lipinski definition) is 1. The maximum atomic E-state index is 12.8. The summed E-state index contributed by atoms with van der Waals surface area (Å²) in [6, 6.07) is 8.50. The number of nitrogens with zero attached hydrogens (tertiary/aromatic N) is 2. The van der Waals surface area contributed by atoms with Gasteiger partial charge in [-0.3, -0.25) is 0 Å². The maximum Gasteiger partial charge on any atom is 0.408 e. The summed E-state index contributed by atoms with van der Waals surface area (Å²) < 4.78 is 5.65. The van der Waals surface area contributed by atoms with E-state index in [9.17, 15) is 4.79 Å². The van der Waals surface area contributed by atoms with Crippen molar-refractivity contribution in [2.24, 2.45) is 16.3 Å². The normalized spacial score (nSPS) is 23.5. The van der Waals surface area contributed by atoms with Crippen LogP contribution in [0.3, 0.4) is 0 Å². The Morgan fingerprint density at radius 1 is 1.19 bits per heavy atom. The molecule has 6 heteroatoms. The van der Waals surface area contributed by atoms with Crippen molar-refractivity contribution in [2.75, 3.05) is 18.8 Å². The number of ether oxygens (including phenoxy) is 1. The Hall–Kier alpha value is -2.47. The van der Waals surface area contributed by atoms with Gasteiger partial charge in [0.05, 0.1) is 6.04 Å². The summed E-state index contributed by atoms with van der Waals surface area (Å²) in [5.74, 6) is 3.03. The van der Waals surface area contributed by atoms with Crippen molar-refractivity contribution in [3.8, 4) is 0 Å². The first-order valence-corrected chi connectivity index (χ1v) is 14.8. The SMILES string of the molecule is C=C1C=C(SCC2CCCC2)C=NC(N2CCC3(CC2)Cc2ccccc2[C@H]3NC(=O)OC(C)(C)C)=C1. The number of aliphatic imine (C=N–C) groups is 1. The fraction of sp³-hybridized carbons (Fsp3) is 0.548. The lowest BCUT2D eigenvalue weighted by atomic mass is 9.72. The molecule has 2 aliphatic heterocycles. The van der Waals surface area contributed by atoms with E-state index >= 15 is 0 Å². The second-order valence-electron chi connectivity index (χ2n) is 12.1. The Morgan fingerprint density at radius 3 is 2.65 bits per heavy atom. The molecule has 37 heavy (non-hydrogen) atoms. The van der Waals surface area contributed by atoms with Crippen molar-refractivity contribution in [2.45, 2.75) is 77.4 Å². The number of carbonyl (C=O) groups is 1. The van der Waals surface area contributed by atoms with Crippen LogP contribution in [0.1, 0.15) is 76.5 Å². The molecule has 1 amide bonds. The number of piperidine rings is 1. The quantitative estimate of drug-likeness (QED) is 0.448. The molecule has 1 aromatic carbocycles. The third kappa shape index (κ3) is 6.17. The summed E-state index contributed by atoms with van der Waals surface area (Å²) in [5, 5.41) is 3.26. The zero-order valence-electron chi connectivity index (χ0n) is 22.6. The van der Waals surface area contributed by atoms with Crippen LogP contribution in [0, 0.1) is 11.3 Å². The number of fused-ring (bicyclic) bond motifs is 1. The van der Waals surface area contributed by atoms with Crippen LogP contribution >= 0.6 is 11.8 Å². The highest BCUT2D eigenvalue weighted by Gasteiger charge is 2.48. The van der Waals surface area contributed by atoms with E-state index in [1.165, 1.54) is 47.5 Å². The highest BCUT2D eigenvalue weighted by molar-refractivity contribution is 8.03. The number of carbonyl (C=O) groups excluding carboxylic acids is 1. The van der Waals surface area contributed by atoms with Crippen LogP contribution < -0.4 is 5.32 Å². The second-order valence-corrected chi connectivity index (χ2v) is 13.2. The lowest BCUT2D eigenvalue weighted by Crippen LogP contribution is -2.47. The minimum absolute atomic E-state index is 0.0103. The first-order valence-electron chi connectivity index (χ1n) is 13.8. The van der Waals surface area contributed by atoms with Crippen molar-refractivity contribution in [1.29, 1.82) is 0 Å². The number of nitrogens with one attached hydrogen (secondary N) is 1. The molecule has 5 nitrogen and oxygen atoms in total. The minimum Gasteiger partial charge on any atom is -0.444 e. The fourth-order valence-corrected chi connectivity index (χ4v) is 7.45. The number of thioether (sulfide) groups is 1. The standard InChI is InChI=1S/C31H41N3O2S/c1-22-17-25(37-21-23-9-5-6-10-23)20-32-27(18-22)34-15-13-31(14-16-34)19-24-11-7-8-12-26(24)28(31)33-29(35)36-30(2,3)4/h7-8,11-12,17-18,20,23,28H,1,5-6,9-10,13-16,19,21H2,2-4H3,(H,33,35)/t28-/m1/s1. The number of likely N-dealkylation sites (tertiary alicyclic amines) is 1. The van der Waals surface area contributed by atoms with Gasteiger partial charge in [-0.05, 0) is 87.6 Å². The second kappa shape index (κ2) is 10.7. The van der Waals surface area contributed by atoms with Crippen molar-refractivity contribution >= 4 is 24.1 Å². The van der Waals surface area contributed by atoms with Gasteiger partial charge in [0.1, 0.15) is 11.4 Å². The molecule has 1 N–H and O–H groups in total. The summed E-state index contributed by atoms with van der Waals surface area (Å²) in [6.07, 6.45) is 14.4. The Morgan fingerprint density at radius 2 is 1.92 bits per heavy atom. The molecule has 2 fully saturated rings. The van der Waals surface area contributed by atoms with E-state index in [0.717, 1.165) is 49.7 Å². The Bertz CT molecular complexity index is 1120. The highest BCUT2D eigenvalue weighted by atomic mass is 32.2. The monoisotopic (exact) mass is 519 g/mol. The lowest BCUT2D eigenvalue weighted by Gasteiger charge is -2.44. The van der Waals surface area contributed by atoms with Crippen molar-refractivity contribution < 1.29 is 9.53 Å². The average Bonchev–Trinajstić information content (AvgIpc) is 3.41. The van der Waals surface area contributed by atoms with Gasteiger partial charge >= 0.3 is 6.09 Å². The molecule has 0 radical (unpaired) electrons. The molecule has 1 aromatic rings. The highest BCUT2D eigenvalue weighted by Crippen LogP contribution is 2.52. The number of rotatable bonds is 5. The Labute approximate surface area is 226 Å². The van der Waals surface area contributed by atoms with Crippen LogP contribution in [-0.4, -0.2) is 41.7 Å². The van der Waals surface area contributed by atoms with E-state index in [-0.39, 0.29) is 17.6 Å². The van der Waals surface area contributed by atoms with Crippen molar-refractivity contribution in [3.05, 3.63) is 70.4 Å². The first kappa shape index (κ1) is 26.1. The largest absolute Gasteiger partial charge is 0.444 e. The summed E-state index contributed by atoms with van der Waals surface area (Å²) in [6.45, 7) is 11.8. The number of amides is 1. The van der Waals surface area contributed by atoms with Gasteiger partial charge in [-0.25, -0.2) is 9.79 Å². The molecule has 2 aliphatic carbocycles. The molecule has 2 heterocycles. The van der Waals surface area contributed by atoms with E-state index < -0.39 is 5.60 Å². The number of alkyl carbamates (subject to hydrolysis) is 1. The van der Waals surface area contributed by atoms with Gasteiger partial charge in [0, 0.05) is 35.4 Å². The molecule has 0 aromatic heterocycles. The van der Waals surface area contributed by atoms with E-state index in [1.54, 1.807) is 0 Å². The summed E-state index contributed by atoms with van der Waals surface area (Å²) in [7, 11) is 0. The van der Waals surface area contributed by atoms with Crippen LogP contribution in [0.2, 0.25) is 0 Å². The third-order valence-corrected chi connectivity index (χ3v) is 9.39. The van der Waals surface area contributed by atoms with Gasteiger partial charge in [-0.2, -0.15) is 0 Å². The van der Waals surface area contributed by atoms with Gasteiger partial charge in [-0.15, -0.1) is 11.8 Å². The predicted octanol–water partition coefficient (Wildman–Crippen LogP) is 7.18. The fourth-order valence-electron chi connectivity index (χ4n) is 6.33. The van der Waals surface area contributed by atoms with Gasteiger partial charge in [0.15, 0.2) is 0 Å². The van der Waals surface area contributed by atoms with Crippen LogP contribution in [0.15, 0.2) is 64.3 Å². The molecule has 1 atom stereocenters. The molecule has 1 spiro atoms. The molecular formula is C31H41N3O2S. The Balaban J connectivity index is 1.25. The van der Waals surface area contributed by atoms with Crippen LogP contribution in [0.25, 0.3) is 0 Å². The van der Waals surface area contributed by atoms with Gasteiger partial charge in [-0.1, -0.05) is 43.7 Å². The molecular weight excluding hydrogens is 478 g/mol.